The zero-order valence-corrected chi connectivity index (χ0v) is 18.3. The Bertz CT molecular complexity index is 796. The molecule has 0 bridgehead atoms. The fourth-order valence-electron chi connectivity index (χ4n) is 5.23. The Balaban J connectivity index is 1.40. The van der Waals surface area contributed by atoms with E-state index in [1.807, 2.05) is 0 Å². The summed E-state index contributed by atoms with van der Waals surface area (Å²) in [6, 6.07) is 10.1. The summed E-state index contributed by atoms with van der Waals surface area (Å²) in [7, 11) is 2.12. The van der Waals surface area contributed by atoms with Crippen LogP contribution in [0.5, 0.6) is 0 Å². The maximum absolute atomic E-state index is 9.70. The Morgan fingerprint density at radius 1 is 1.10 bits per heavy atom. The summed E-state index contributed by atoms with van der Waals surface area (Å²) in [6.07, 6.45) is 3.37. The Morgan fingerprint density at radius 3 is 2.55 bits per heavy atom. The quantitative estimate of drug-likeness (QED) is 0.808. The molecule has 0 spiro atoms. The van der Waals surface area contributed by atoms with Crippen molar-refractivity contribution in [3.05, 3.63) is 30.1 Å². The molecule has 1 atom stereocenters. The van der Waals surface area contributed by atoms with Crippen molar-refractivity contribution >= 4 is 11.0 Å². The Kier molecular flexibility index (Phi) is 6.54. The third-order valence-electron chi connectivity index (χ3n) is 7.02. The van der Waals surface area contributed by atoms with Crippen LogP contribution in [0.4, 0.5) is 0 Å². The minimum Gasteiger partial charge on any atom is -0.396 e. The number of likely N-dealkylation sites (tertiary alicyclic amines) is 1. The van der Waals surface area contributed by atoms with Crippen LogP contribution in [-0.2, 0) is 13.6 Å². The number of benzene rings is 1. The molecule has 160 valence electrons. The number of aryl methyl sites for hydroxylation is 1. The van der Waals surface area contributed by atoms with Gasteiger partial charge in [-0.2, -0.15) is 0 Å². The van der Waals surface area contributed by atoms with Crippen LogP contribution in [0, 0.1) is 0 Å². The molecule has 0 aliphatic carbocycles. The molecule has 2 aliphatic heterocycles. The summed E-state index contributed by atoms with van der Waals surface area (Å²) >= 11 is 0. The van der Waals surface area contributed by atoms with Crippen molar-refractivity contribution in [2.75, 3.05) is 39.3 Å². The van der Waals surface area contributed by atoms with Gasteiger partial charge < -0.3 is 14.6 Å². The van der Waals surface area contributed by atoms with Crippen molar-refractivity contribution in [1.82, 2.24) is 24.3 Å². The van der Waals surface area contributed by atoms with E-state index >= 15 is 0 Å². The lowest BCUT2D eigenvalue weighted by molar-refractivity contribution is -0.000838. The van der Waals surface area contributed by atoms with Crippen LogP contribution in [0.1, 0.15) is 38.9 Å². The minimum absolute atomic E-state index is 0.270. The molecule has 2 fully saturated rings. The molecule has 2 saturated heterocycles. The highest BCUT2D eigenvalue weighted by atomic mass is 16.3. The highest BCUT2D eigenvalue weighted by molar-refractivity contribution is 5.75. The van der Waals surface area contributed by atoms with Gasteiger partial charge >= 0.3 is 0 Å². The number of fused-ring (bicyclic) bond motifs is 1. The van der Waals surface area contributed by atoms with Gasteiger partial charge in [0, 0.05) is 51.4 Å². The van der Waals surface area contributed by atoms with Crippen molar-refractivity contribution in [1.29, 1.82) is 0 Å². The fraction of sp³-hybridized carbons (Fsp3) is 0.696. The molecule has 3 heterocycles. The summed E-state index contributed by atoms with van der Waals surface area (Å²) in [5.74, 6) is 1.13. The molecular formula is C23H37N5O. The number of aromatic nitrogens is 2. The van der Waals surface area contributed by atoms with Gasteiger partial charge in [0.2, 0.25) is 0 Å². The molecule has 0 unspecified atom stereocenters. The van der Waals surface area contributed by atoms with Crippen molar-refractivity contribution in [2.45, 2.75) is 57.8 Å². The monoisotopic (exact) mass is 399 g/mol. The van der Waals surface area contributed by atoms with Crippen LogP contribution in [0.2, 0.25) is 0 Å². The van der Waals surface area contributed by atoms with Crippen LogP contribution in [0.3, 0.4) is 0 Å². The smallest absolute Gasteiger partial charge is 0.123 e. The lowest BCUT2D eigenvalue weighted by Crippen LogP contribution is -2.58. The molecule has 0 saturated carbocycles. The molecule has 6 heteroatoms. The summed E-state index contributed by atoms with van der Waals surface area (Å²) in [4.78, 5) is 12.7. The molecule has 0 amide bonds. The fourth-order valence-corrected chi connectivity index (χ4v) is 5.23. The first-order chi connectivity index (χ1) is 14.1. The number of piperidine rings is 1. The third kappa shape index (κ3) is 4.50. The first-order valence-electron chi connectivity index (χ1n) is 11.3. The van der Waals surface area contributed by atoms with Crippen LogP contribution in [-0.4, -0.2) is 86.8 Å². The minimum atomic E-state index is 0.270. The molecule has 29 heavy (non-hydrogen) atoms. The van der Waals surface area contributed by atoms with E-state index in [0.717, 1.165) is 43.9 Å². The molecule has 2 aliphatic rings. The van der Waals surface area contributed by atoms with Gasteiger partial charge in [0.15, 0.2) is 0 Å². The van der Waals surface area contributed by atoms with E-state index in [1.54, 1.807) is 0 Å². The largest absolute Gasteiger partial charge is 0.396 e. The third-order valence-corrected chi connectivity index (χ3v) is 7.02. The average molecular weight is 400 g/mol. The number of imidazole rings is 1. The van der Waals surface area contributed by atoms with E-state index in [2.05, 4.69) is 64.4 Å². The molecule has 2 aromatic rings. The first kappa shape index (κ1) is 20.8. The summed E-state index contributed by atoms with van der Waals surface area (Å²) in [5, 5.41) is 9.70. The maximum Gasteiger partial charge on any atom is 0.123 e. The van der Waals surface area contributed by atoms with Crippen molar-refractivity contribution in [2.24, 2.45) is 7.05 Å². The molecule has 1 N–H and O–H groups in total. The second-order valence-corrected chi connectivity index (χ2v) is 9.08. The molecule has 1 aromatic carbocycles. The van der Waals surface area contributed by atoms with Crippen molar-refractivity contribution in [3.8, 4) is 0 Å². The molecule has 4 rings (SSSR count). The number of aliphatic hydroxyl groups is 1. The number of hydrogen-bond acceptors (Lipinski definition) is 5. The van der Waals surface area contributed by atoms with Gasteiger partial charge in [-0.1, -0.05) is 12.1 Å². The van der Waals surface area contributed by atoms with Crippen LogP contribution in [0.25, 0.3) is 11.0 Å². The highest BCUT2D eigenvalue weighted by Crippen LogP contribution is 2.25. The second-order valence-electron chi connectivity index (χ2n) is 9.08. The van der Waals surface area contributed by atoms with Gasteiger partial charge in [0.05, 0.1) is 17.6 Å². The van der Waals surface area contributed by atoms with Crippen LogP contribution >= 0.6 is 0 Å². The lowest BCUT2D eigenvalue weighted by atomic mass is 9.97. The highest BCUT2D eigenvalue weighted by Gasteiger charge is 2.34. The standard InChI is InChI=1S/C23H37N5O/c1-18(2)27-11-8-19(9-12-27)28-14-13-26(16-20(28)10-15-29)17-23-24-21-6-4-5-7-22(21)25(23)3/h4-7,18-20,29H,8-17H2,1-3H3/t20-/m0/s1. The number of para-hydroxylation sites is 2. The van der Waals surface area contributed by atoms with Gasteiger partial charge in [0.25, 0.3) is 0 Å². The van der Waals surface area contributed by atoms with E-state index in [1.165, 1.54) is 31.4 Å². The predicted molar refractivity (Wildman–Crippen MR) is 118 cm³/mol. The number of rotatable bonds is 6. The Labute approximate surface area is 175 Å². The van der Waals surface area contributed by atoms with Gasteiger partial charge in [-0.25, -0.2) is 4.98 Å². The van der Waals surface area contributed by atoms with Gasteiger partial charge in [-0.05, 0) is 58.3 Å². The number of aliphatic hydroxyl groups excluding tert-OH is 1. The molecule has 6 nitrogen and oxygen atoms in total. The van der Waals surface area contributed by atoms with E-state index in [0.29, 0.717) is 18.1 Å². The summed E-state index contributed by atoms with van der Waals surface area (Å²) in [5.41, 5.74) is 2.28. The second kappa shape index (κ2) is 9.13. The van der Waals surface area contributed by atoms with Gasteiger partial charge in [-0.3, -0.25) is 9.80 Å². The number of hydrogen-bond donors (Lipinski definition) is 1. The molecular weight excluding hydrogens is 362 g/mol. The van der Waals surface area contributed by atoms with E-state index in [4.69, 9.17) is 4.98 Å². The summed E-state index contributed by atoms with van der Waals surface area (Å²) in [6.45, 7) is 11.4. The Morgan fingerprint density at radius 2 is 1.86 bits per heavy atom. The predicted octanol–water partition coefficient (Wildman–Crippen LogP) is 2.31. The van der Waals surface area contributed by atoms with Gasteiger partial charge in [0.1, 0.15) is 5.82 Å². The normalized spacial score (nSPS) is 23.4. The van der Waals surface area contributed by atoms with Crippen molar-refractivity contribution < 1.29 is 5.11 Å². The van der Waals surface area contributed by atoms with E-state index in [-0.39, 0.29) is 6.61 Å². The first-order valence-corrected chi connectivity index (χ1v) is 11.3. The number of piperazine rings is 1. The Hall–Kier alpha value is -1.47. The maximum atomic E-state index is 9.70. The van der Waals surface area contributed by atoms with E-state index < -0.39 is 0 Å². The van der Waals surface area contributed by atoms with Crippen molar-refractivity contribution in [3.63, 3.8) is 0 Å². The number of nitrogens with zero attached hydrogens (tertiary/aromatic N) is 5. The van der Waals surface area contributed by atoms with Crippen LogP contribution in [0.15, 0.2) is 24.3 Å². The van der Waals surface area contributed by atoms with Gasteiger partial charge in [-0.15, -0.1) is 0 Å². The topological polar surface area (TPSA) is 47.8 Å². The summed E-state index contributed by atoms with van der Waals surface area (Å²) < 4.78 is 2.23. The average Bonchev–Trinajstić information content (AvgIpc) is 3.04. The van der Waals surface area contributed by atoms with Crippen LogP contribution < -0.4 is 0 Å². The lowest BCUT2D eigenvalue weighted by Gasteiger charge is -2.48. The zero-order valence-electron chi connectivity index (χ0n) is 18.3. The van der Waals surface area contributed by atoms with E-state index in [9.17, 15) is 5.11 Å². The molecule has 1 aromatic heterocycles. The zero-order chi connectivity index (χ0) is 20.4. The SMILES string of the molecule is CC(C)N1CCC(N2CCN(Cc3nc4ccccc4n3C)C[C@@H]2CCO)CC1. The molecule has 0 radical (unpaired) electrons.